The third-order valence-electron chi connectivity index (χ3n) is 2.22. The number of amides is 1. The maximum atomic E-state index is 11.7. The number of carbonyl (C=O) groups excluding carboxylic acids is 1. The van der Waals surface area contributed by atoms with Gasteiger partial charge in [-0.25, -0.2) is 9.78 Å². The number of aromatic nitrogens is 2. The highest BCUT2D eigenvalue weighted by Crippen LogP contribution is 1.99. The smallest absolute Gasteiger partial charge is 0.326 e. The number of carboxylic acid groups (broad SMARTS) is 1. The van der Waals surface area contributed by atoms with Crippen molar-refractivity contribution < 1.29 is 14.7 Å². The van der Waals surface area contributed by atoms with Crippen molar-refractivity contribution in [1.82, 2.24) is 15.3 Å². The van der Waals surface area contributed by atoms with Crippen LogP contribution in [0.3, 0.4) is 0 Å². The van der Waals surface area contributed by atoms with Gasteiger partial charge in [0, 0.05) is 6.20 Å². The summed E-state index contributed by atoms with van der Waals surface area (Å²) in [5.41, 5.74) is 0.794. The molecule has 0 bridgehead atoms. The van der Waals surface area contributed by atoms with Crippen LogP contribution in [0.5, 0.6) is 0 Å². The summed E-state index contributed by atoms with van der Waals surface area (Å²) in [7, 11) is 0. The number of aliphatic carboxylic acids is 1. The van der Waals surface area contributed by atoms with Gasteiger partial charge >= 0.3 is 5.97 Å². The Balaban J connectivity index is 2.72. The first-order chi connectivity index (χ1) is 8.54. The van der Waals surface area contributed by atoms with Crippen molar-refractivity contribution in [2.75, 3.05) is 0 Å². The second kappa shape index (κ2) is 6.48. The molecule has 96 valence electrons. The van der Waals surface area contributed by atoms with Crippen molar-refractivity contribution in [2.24, 2.45) is 0 Å². The second-order valence-corrected chi connectivity index (χ2v) is 3.71. The molecule has 6 nitrogen and oxygen atoms in total. The molecule has 0 aliphatic heterocycles. The summed E-state index contributed by atoms with van der Waals surface area (Å²) in [6, 6.07) is -0.961. The van der Waals surface area contributed by atoms with Crippen molar-refractivity contribution in [3.8, 4) is 0 Å². The van der Waals surface area contributed by atoms with E-state index in [2.05, 4.69) is 15.3 Å². The van der Waals surface area contributed by atoms with E-state index in [1.54, 1.807) is 26.0 Å². The monoisotopic (exact) mass is 249 g/mol. The Labute approximate surface area is 105 Å². The maximum absolute atomic E-state index is 11.7. The predicted molar refractivity (Wildman–Crippen MR) is 65.1 cm³/mol. The number of rotatable bonds is 5. The molecule has 1 atom stereocenters. The lowest BCUT2D eigenvalue weighted by molar-refractivity contribution is -0.139. The molecule has 0 saturated carbocycles. The van der Waals surface area contributed by atoms with Gasteiger partial charge in [-0.2, -0.15) is 0 Å². The van der Waals surface area contributed by atoms with Crippen LogP contribution >= 0.6 is 0 Å². The van der Waals surface area contributed by atoms with Crippen LogP contribution < -0.4 is 5.32 Å². The normalized spacial score (nSPS) is 12.3. The molecule has 1 aromatic heterocycles. The fourth-order valence-electron chi connectivity index (χ4n) is 1.24. The summed E-state index contributed by atoms with van der Waals surface area (Å²) in [5, 5.41) is 11.3. The zero-order valence-electron chi connectivity index (χ0n) is 10.3. The lowest BCUT2D eigenvalue weighted by Gasteiger charge is -2.11. The van der Waals surface area contributed by atoms with E-state index < -0.39 is 17.9 Å². The fraction of sp³-hybridized carbons (Fsp3) is 0.333. The average molecular weight is 249 g/mol. The summed E-state index contributed by atoms with van der Waals surface area (Å²) in [6.45, 7) is 3.53. The minimum atomic E-state index is -1.08. The number of hydrogen-bond donors (Lipinski definition) is 2. The fourth-order valence-corrected chi connectivity index (χ4v) is 1.24. The molecule has 0 aliphatic carbocycles. The largest absolute Gasteiger partial charge is 0.480 e. The van der Waals surface area contributed by atoms with Crippen LogP contribution in [0.1, 0.15) is 29.5 Å². The Morgan fingerprint density at radius 1 is 1.44 bits per heavy atom. The van der Waals surface area contributed by atoms with Crippen LogP contribution in [0.2, 0.25) is 0 Å². The van der Waals surface area contributed by atoms with Gasteiger partial charge in [0.15, 0.2) is 0 Å². The average Bonchev–Trinajstić information content (AvgIpc) is 2.34. The Kier molecular flexibility index (Phi) is 4.98. The molecule has 1 heterocycles. The van der Waals surface area contributed by atoms with E-state index in [4.69, 9.17) is 5.11 Å². The van der Waals surface area contributed by atoms with Gasteiger partial charge in [-0.15, -0.1) is 0 Å². The third-order valence-corrected chi connectivity index (χ3v) is 2.22. The van der Waals surface area contributed by atoms with Crippen LogP contribution in [0, 0.1) is 6.92 Å². The molecule has 2 N–H and O–H groups in total. The molecule has 0 spiro atoms. The number of carbonyl (C=O) groups is 2. The second-order valence-electron chi connectivity index (χ2n) is 3.71. The Bertz CT molecular complexity index is 454. The predicted octanol–water partition coefficient (Wildman–Crippen LogP) is 0.934. The van der Waals surface area contributed by atoms with Gasteiger partial charge in [0.05, 0.1) is 11.9 Å². The van der Waals surface area contributed by atoms with E-state index in [1.807, 2.05) is 0 Å². The van der Waals surface area contributed by atoms with Crippen molar-refractivity contribution in [2.45, 2.75) is 26.3 Å². The van der Waals surface area contributed by atoms with Crippen LogP contribution in [0.4, 0.5) is 0 Å². The number of carboxylic acids is 1. The molecule has 1 amide bonds. The van der Waals surface area contributed by atoms with Crippen molar-refractivity contribution in [3.05, 3.63) is 35.9 Å². The molecule has 0 fully saturated rings. The van der Waals surface area contributed by atoms with Crippen LogP contribution in [0.25, 0.3) is 0 Å². The van der Waals surface area contributed by atoms with E-state index in [-0.39, 0.29) is 12.1 Å². The van der Waals surface area contributed by atoms with E-state index in [0.29, 0.717) is 5.69 Å². The summed E-state index contributed by atoms with van der Waals surface area (Å²) >= 11 is 0. The zero-order chi connectivity index (χ0) is 13.5. The third kappa shape index (κ3) is 3.97. The molecule has 1 rings (SSSR count). The molecule has 1 aromatic rings. The van der Waals surface area contributed by atoms with Gasteiger partial charge in [0.2, 0.25) is 0 Å². The van der Waals surface area contributed by atoms with Crippen LogP contribution in [-0.4, -0.2) is 33.0 Å². The minimum Gasteiger partial charge on any atom is -0.480 e. The van der Waals surface area contributed by atoms with Gasteiger partial charge in [-0.1, -0.05) is 12.2 Å². The van der Waals surface area contributed by atoms with Gasteiger partial charge in [0.1, 0.15) is 11.7 Å². The lowest BCUT2D eigenvalue weighted by atomic mass is 10.2. The summed E-state index contributed by atoms with van der Waals surface area (Å²) in [5.74, 6) is -1.62. The van der Waals surface area contributed by atoms with Crippen molar-refractivity contribution >= 4 is 11.9 Å². The SMILES string of the molecule is C/C=C/CC(NC(=O)c1cnc(C)cn1)C(=O)O. The molecule has 0 saturated heterocycles. The molecule has 6 heteroatoms. The number of nitrogens with zero attached hydrogens (tertiary/aromatic N) is 2. The van der Waals surface area contributed by atoms with E-state index >= 15 is 0 Å². The van der Waals surface area contributed by atoms with Gasteiger partial charge < -0.3 is 10.4 Å². The summed E-state index contributed by atoms with van der Waals surface area (Å²) in [6.07, 6.45) is 6.42. The first-order valence-corrected chi connectivity index (χ1v) is 5.48. The zero-order valence-corrected chi connectivity index (χ0v) is 10.3. The van der Waals surface area contributed by atoms with Gasteiger partial charge in [-0.05, 0) is 20.3 Å². The molecular formula is C12H15N3O3. The number of allylic oxidation sites excluding steroid dienone is 1. The Morgan fingerprint density at radius 2 is 2.17 bits per heavy atom. The number of aryl methyl sites for hydroxylation is 1. The minimum absolute atomic E-state index is 0.104. The van der Waals surface area contributed by atoms with Gasteiger partial charge in [0.25, 0.3) is 5.91 Å². The topological polar surface area (TPSA) is 92.2 Å². The quantitative estimate of drug-likeness (QED) is 0.757. The highest BCUT2D eigenvalue weighted by atomic mass is 16.4. The molecule has 0 aliphatic rings. The maximum Gasteiger partial charge on any atom is 0.326 e. The van der Waals surface area contributed by atoms with Gasteiger partial charge in [-0.3, -0.25) is 9.78 Å². The molecule has 0 radical (unpaired) electrons. The lowest BCUT2D eigenvalue weighted by Crippen LogP contribution is -2.40. The van der Waals surface area contributed by atoms with Crippen molar-refractivity contribution in [1.29, 1.82) is 0 Å². The van der Waals surface area contributed by atoms with E-state index in [1.165, 1.54) is 12.4 Å². The Hall–Kier alpha value is -2.24. The van der Waals surface area contributed by atoms with Crippen molar-refractivity contribution in [3.63, 3.8) is 0 Å². The number of nitrogens with one attached hydrogen (secondary N) is 1. The molecular weight excluding hydrogens is 234 g/mol. The summed E-state index contributed by atoms with van der Waals surface area (Å²) < 4.78 is 0. The number of hydrogen-bond acceptors (Lipinski definition) is 4. The molecule has 18 heavy (non-hydrogen) atoms. The highest BCUT2D eigenvalue weighted by Gasteiger charge is 2.19. The Morgan fingerprint density at radius 3 is 2.67 bits per heavy atom. The molecule has 1 unspecified atom stereocenters. The first-order valence-electron chi connectivity index (χ1n) is 5.48. The van der Waals surface area contributed by atoms with E-state index in [9.17, 15) is 9.59 Å². The van der Waals surface area contributed by atoms with Crippen LogP contribution in [-0.2, 0) is 4.79 Å². The highest BCUT2D eigenvalue weighted by molar-refractivity contribution is 5.94. The molecule has 0 aromatic carbocycles. The van der Waals surface area contributed by atoms with E-state index in [0.717, 1.165) is 0 Å². The standard InChI is InChI=1S/C12H15N3O3/c1-3-4-5-9(12(17)18)15-11(16)10-7-13-8(2)6-14-10/h3-4,6-7,9H,5H2,1-2H3,(H,15,16)(H,17,18)/b4-3+. The first kappa shape index (κ1) is 13.8. The van der Waals surface area contributed by atoms with Crippen LogP contribution in [0.15, 0.2) is 24.5 Å². The summed E-state index contributed by atoms with van der Waals surface area (Å²) in [4.78, 5) is 30.5.